The summed E-state index contributed by atoms with van der Waals surface area (Å²) >= 11 is 0. The van der Waals surface area contributed by atoms with Crippen LogP contribution in [0.3, 0.4) is 0 Å². The summed E-state index contributed by atoms with van der Waals surface area (Å²) in [6.45, 7) is 4.02. The lowest BCUT2D eigenvalue weighted by molar-refractivity contribution is -0.119. The Bertz CT molecular complexity index is 1130. The maximum absolute atomic E-state index is 13.3. The van der Waals surface area contributed by atoms with Crippen LogP contribution in [0.25, 0.3) is 0 Å². The molecule has 0 unspecified atom stereocenters. The van der Waals surface area contributed by atoms with Gasteiger partial charge in [-0.25, -0.2) is 8.42 Å². The van der Waals surface area contributed by atoms with Crippen LogP contribution in [0, 0.1) is 13.8 Å². The van der Waals surface area contributed by atoms with Crippen molar-refractivity contribution < 1.29 is 22.7 Å². The van der Waals surface area contributed by atoms with Gasteiger partial charge in [-0.15, -0.1) is 0 Å². The van der Waals surface area contributed by atoms with Crippen LogP contribution in [-0.4, -0.2) is 43.7 Å². The zero-order chi connectivity index (χ0) is 21.5. The SMILES string of the molecule is Cc1cccc(NC(=O)[C@H]2CCCN2S(=O)(=O)c2ccc3c(c2)NC(=O)CO3)c1C. The Hall–Kier alpha value is -2.91. The highest BCUT2D eigenvalue weighted by molar-refractivity contribution is 7.89. The van der Waals surface area contributed by atoms with E-state index in [2.05, 4.69) is 10.6 Å². The zero-order valence-electron chi connectivity index (χ0n) is 16.8. The molecule has 0 aliphatic carbocycles. The third kappa shape index (κ3) is 3.66. The Kier molecular flexibility index (Phi) is 5.25. The van der Waals surface area contributed by atoms with Gasteiger partial charge in [-0.1, -0.05) is 12.1 Å². The molecule has 2 aliphatic rings. The van der Waals surface area contributed by atoms with E-state index >= 15 is 0 Å². The minimum absolute atomic E-state index is 0.0125. The largest absolute Gasteiger partial charge is 0.482 e. The van der Waals surface area contributed by atoms with Crippen LogP contribution in [0.15, 0.2) is 41.3 Å². The molecule has 8 nitrogen and oxygen atoms in total. The van der Waals surface area contributed by atoms with E-state index in [-0.39, 0.29) is 29.9 Å². The van der Waals surface area contributed by atoms with Gasteiger partial charge in [0.25, 0.3) is 5.91 Å². The van der Waals surface area contributed by atoms with E-state index in [1.807, 2.05) is 26.0 Å². The van der Waals surface area contributed by atoms with Crippen molar-refractivity contribution in [3.05, 3.63) is 47.5 Å². The second kappa shape index (κ2) is 7.73. The van der Waals surface area contributed by atoms with Gasteiger partial charge in [-0.3, -0.25) is 9.59 Å². The summed E-state index contributed by atoms with van der Waals surface area (Å²) < 4.78 is 33.1. The number of carbonyl (C=O) groups is 2. The fourth-order valence-electron chi connectivity index (χ4n) is 3.75. The Labute approximate surface area is 175 Å². The van der Waals surface area contributed by atoms with Crippen molar-refractivity contribution >= 4 is 33.2 Å². The molecule has 2 heterocycles. The van der Waals surface area contributed by atoms with Crippen LogP contribution in [-0.2, 0) is 19.6 Å². The highest BCUT2D eigenvalue weighted by Crippen LogP contribution is 2.33. The Morgan fingerprint density at radius 3 is 2.83 bits per heavy atom. The van der Waals surface area contributed by atoms with Crippen molar-refractivity contribution in [1.29, 1.82) is 0 Å². The molecule has 1 atom stereocenters. The van der Waals surface area contributed by atoms with E-state index in [1.165, 1.54) is 22.5 Å². The van der Waals surface area contributed by atoms with Crippen LogP contribution in [0.5, 0.6) is 5.75 Å². The number of nitrogens with one attached hydrogen (secondary N) is 2. The Morgan fingerprint density at radius 1 is 1.23 bits per heavy atom. The summed E-state index contributed by atoms with van der Waals surface area (Å²) in [6, 6.07) is 9.14. The molecular formula is C21H23N3O5S. The molecule has 0 aromatic heterocycles. The summed E-state index contributed by atoms with van der Waals surface area (Å²) in [4.78, 5) is 24.5. The summed E-state index contributed by atoms with van der Waals surface area (Å²) in [7, 11) is -3.93. The number of nitrogens with zero attached hydrogens (tertiary/aromatic N) is 1. The second-order valence-electron chi connectivity index (χ2n) is 7.51. The first-order valence-corrected chi connectivity index (χ1v) is 11.2. The number of benzene rings is 2. The predicted molar refractivity (Wildman–Crippen MR) is 112 cm³/mol. The van der Waals surface area contributed by atoms with Crippen molar-refractivity contribution in [1.82, 2.24) is 4.31 Å². The number of sulfonamides is 1. The molecule has 30 heavy (non-hydrogen) atoms. The first kappa shape index (κ1) is 20.4. The molecule has 4 rings (SSSR count). The van der Waals surface area contributed by atoms with E-state index in [1.54, 1.807) is 6.07 Å². The zero-order valence-corrected chi connectivity index (χ0v) is 17.6. The molecule has 2 amide bonds. The highest BCUT2D eigenvalue weighted by Gasteiger charge is 2.40. The fourth-order valence-corrected chi connectivity index (χ4v) is 5.43. The van der Waals surface area contributed by atoms with Gasteiger partial charge in [0.15, 0.2) is 6.61 Å². The molecular weight excluding hydrogens is 406 g/mol. The smallest absolute Gasteiger partial charge is 0.262 e. The minimum atomic E-state index is -3.93. The number of rotatable bonds is 4. The molecule has 0 bridgehead atoms. The lowest BCUT2D eigenvalue weighted by Crippen LogP contribution is -2.43. The summed E-state index contributed by atoms with van der Waals surface area (Å²) in [5.74, 6) is -0.275. The first-order chi connectivity index (χ1) is 14.3. The maximum Gasteiger partial charge on any atom is 0.262 e. The quantitative estimate of drug-likeness (QED) is 0.777. The molecule has 1 saturated heterocycles. The number of ether oxygens (including phenoxy) is 1. The molecule has 0 radical (unpaired) electrons. The Morgan fingerprint density at radius 2 is 2.03 bits per heavy atom. The molecule has 0 spiro atoms. The van der Waals surface area contributed by atoms with Gasteiger partial charge in [0.05, 0.1) is 10.6 Å². The van der Waals surface area contributed by atoms with Crippen molar-refractivity contribution in [3.63, 3.8) is 0 Å². The summed E-state index contributed by atoms with van der Waals surface area (Å²) in [6.07, 6.45) is 1.04. The van der Waals surface area contributed by atoms with Gasteiger partial charge in [-0.05, 0) is 62.1 Å². The predicted octanol–water partition coefficient (Wildman–Crippen LogP) is 2.43. The van der Waals surface area contributed by atoms with Crippen LogP contribution in [0.2, 0.25) is 0 Å². The van der Waals surface area contributed by atoms with Crippen LogP contribution < -0.4 is 15.4 Å². The molecule has 2 aromatic carbocycles. The molecule has 2 aliphatic heterocycles. The molecule has 9 heteroatoms. The van der Waals surface area contributed by atoms with Gasteiger partial charge in [-0.2, -0.15) is 4.31 Å². The topological polar surface area (TPSA) is 105 Å². The average Bonchev–Trinajstić information content (AvgIpc) is 3.22. The number of hydrogen-bond donors (Lipinski definition) is 2. The van der Waals surface area contributed by atoms with E-state index in [4.69, 9.17) is 4.74 Å². The van der Waals surface area contributed by atoms with Crippen molar-refractivity contribution in [3.8, 4) is 5.75 Å². The minimum Gasteiger partial charge on any atom is -0.482 e. The van der Waals surface area contributed by atoms with E-state index < -0.39 is 16.1 Å². The first-order valence-electron chi connectivity index (χ1n) is 9.73. The number of amides is 2. The lowest BCUT2D eigenvalue weighted by atomic mass is 10.1. The molecule has 0 saturated carbocycles. The number of carbonyl (C=O) groups excluding carboxylic acids is 2. The number of aryl methyl sites for hydroxylation is 1. The number of hydrogen-bond acceptors (Lipinski definition) is 5. The van der Waals surface area contributed by atoms with Crippen LogP contribution in [0.1, 0.15) is 24.0 Å². The lowest BCUT2D eigenvalue weighted by Gasteiger charge is -2.25. The van der Waals surface area contributed by atoms with Gasteiger partial charge in [0, 0.05) is 12.2 Å². The van der Waals surface area contributed by atoms with Gasteiger partial charge in [0.2, 0.25) is 15.9 Å². The van der Waals surface area contributed by atoms with Gasteiger partial charge < -0.3 is 15.4 Å². The van der Waals surface area contributed by atoms with Crippen LogP contribution >= 0.6 is 0 Å². The number of anilines is 2. The van der Waals surface area contributed by atoms with Gasteiger partial charge >= 0.3 is 0 Å². The molecule has 158 valence electrons. The van der Waals surface area contributed by atoms with Crippen molar-refractivity contribution in [2.45, 2.75) is 37.6 Å². The van der Waals surface area contributed by atoms with Gasteiger partial charge in [0.1, 0.15) is 11.8 Å². The monoisotopic (exact) mass is 429 g/mol. The maximum atomic E-state index is 13.3. The highest BCUT2D eigenvalue weighted by atomic mass is 32.2. The molecule has 2 aromatic rings. The van der Waals surface area contributed by atoms with Crippen molar-refractivity contribution in [2.24, 2.45) is 0 Å². The van der Waals surface area contributed by atoms with E-state index in [9.17, 15) is 18.0 Å². The second-order valence-corrected chi connectivity index (χ2v) is 9.40. The molecule has 2 N–H and O–H groups in total. The average molecular weight is 429 g/mol. The standard InChI is InChI=1S/C21H23N3O5S/c1-13-5-3-6-16(14(13)2)23-21(26)18-7-4-10-24(18)30(27,28)15-8-9-19-17(11-15)22-20(25)12-29-19/h3,5-6,8-9,11,18H,4,7,10,12H2,1-2H3,(H,22,25)(H,23,26)/t18-/m1/s1. The van der Waals surface area contributed by atoms with E-state index in [0.29, 0.717) is 30.0 Å². The van der Waals surface area contributed by atoms with Crippen LogP contribution in [0.4, 0.5) is 11.4 Å². The normalized spacial score (nSPS) is 19.0. The summed E-state index contributed by atoms with van der Waals surface area (Å²) in [5.41, 5.74) is 2.98. The Balaban J connectivity index is 1.59. The summed E-state index contributed by atoms with van der Waals surface area (Å²) in [5, 5.41) is 5.50. The fraction of sp³-hybridized carbons (Fsp3) is 0.333. The van der Waals surface area contributed by atoms with Crippen molar-refractivity contribution in [2.75, 3.05) is 23.8 Å². The molecule has 1 fully saturated rings. The number of fused-ring (bicyclic) bond motifs is 1. The third-order valence-electron chi connectivity index (χ3n) is 5.56. The van der Waals surface area contributed by atoms with E-state index in [0.717, 1.165) is 11.1 Å². The third-order valence-corrected chi connectivity index (χ3v) is 7.46.